The fourth-order valence-electron chi connectivity index (χ4n) is 2.98. The lowest BCUT2D eigenvalue weighted by Gasteiger charge is -2.15. The highest BCUT2D eigenvalue weighted by atomic mass is 16.1. The van der Waals surface area contributed by atoms with Gasteiger partial charge in [0.2, 0.25) is 5.91 Å². The number of likely N-dealkylation sites (tertiary alicyclic amines) is 1. The molecule has 3 rings (SSSR count). The number of carbonyl (C=O) groups excluding carboxylic acids is 1. The zero-order valence-electron chi connectivity index (χ0n) is 11.8. The Bertz CT molecular complexity index is 484. The van der Waals surface area contributed by atoms with E-state index in [1.165, 1.54) is 12.8 Å². The molecular weight excluding hydrogens is 250 g/mol. The summed E-state index contributed by atoms with van der Waals surface area (Å²) in [5.74, 6) is 0.162. The van der Waals surface area contributed by atoms with Crippen molar-refractivity contribution in [1.82, 2.24) is 10.2 Å². The molecule has 1 aromatic rings. The molecule has 108 valence electrons. The maximum absolute atomic E-state index is 12.0. The van der Waals surface area contributed by atoms with Gasteiger partial charge >= 0.3 is 0 Å². The number of aryl methyl sites for hydroxylation is 1. The Labute approximate surface area is 120 Å². The van der Waals surface area contributed by atoms with Crippen LogP contribution in [-0.4, -0.2) is 36.0 Å². The Morgan fingerprint density at radius 3 is 2.95 bits per heavy atom. The fourth-order valence-corrected chi connectivity index (χ4v) is 2.98. The Kier molecular flexibility index (Phi) is 3.92. The number of benzene rings is 1. The Hall–Kier alpha value is -1.55. The van der Waals surface area contributed by atoms with Gasteiger partial charge in [-0.3, -0.25) is 9.69 Å². The van der Waals surface area contributed by atoms with E-state index in [1.54, 1.807) is 0 Å². The summed E-state index contributed by atoms with van der Waals surface area (Å²) in [4.78, 5) is 14.5. The molecule has 1 saturated carbocycles. The molecule has 1 aromatic carbocycles. The quantitative estimate of drug-likeness (QED) is 0.800. The van der Waals surface area contributed by atoms with Crippen LogP contribution < -0.4 is 11.1 Å². The summed E-state index contributed by atoms with van der Waals surface area (Å²) in [5.41, 5.74) is 7.63. The summed E-state index contributed by atoms with van der Waals surface area (Å²) in [6, 6.07) is 8.93. The van der Waals surface area contributed by atoms with E-state index >= 15 is 0 Å². The molecule has 2 aliphatic rings. The minimum atomic E-state index is 0.162. The largest absolute Gasteiger partial charge is 0.399 e. The monoisotopic (exact) mass is 273 g/mol. The first-order chi connectivity index (χ1) is 9.70. The number of nitrogen functional groups attached to an aromatic ring is 1. The van der Waals surface area contributed by atoms with Crippen LogP contribution in [0.1, 0.15) is 31.2 Å². The molecule has 1 aliphatic heterocycles. The number of nitrogens with one attached hydrogen (secondary N) is 1. The summed E-state index contributed by atoms with van der Waals surface area (Å²) in [6.07, 6.45) is 5.09. The van der Waals surface area contributed by atoms with Crippen LogP contribution in [0.25, 0.3) is 0 Å². The third-order valence-electron chi connectivity index (χ3n) is 4.24. The Morgan fingerprint density at radius 1 is 1.35 bits per heavy atom. The van der Waals surface area contributed by atoms with Crippen LogP contribution in [0.3, 0.4) is 0 Å². The Morgan fingerprint density at radius 2 is 2.20 bits per heavy atom. The van der Waals surface area contributed by atoms with E-state index in [1.807, 2.05) is 24.3 Å². The molecule has 20 heavy (non-hydrogen) atoms. The van der Waals surface area contributed by atoms with E-state index in [2.05, 4.69) is 10.2 Å². The highest BCUT2D eigenvalue weighted by Crippen LogP contribution is 2.29. The number of carbonyl (C=O) groups is 1. The molecule has 0 spiro atoms. The third kappa shape index (κ3) is 3.51. The average Bonchev–Trinajstić information content (AvgIpc) is 3.18. The second-order valence-electron chi connectivity index (χ2n) is 6.02. The molecule has 1 saturated heterocycles. The molecular formula is C16H23N3O. The lowest BCUT2D eigenvalue weighted by atomic mass is 10.1. The van der Waals surface area contributed by atoms with Gasteiger partial charge in [0, 0.05) is 37.3 Å². The van der Waals surface area contributed by atoms with Crippen molar-refractivity contribution >= 4 is 11.6 Å². The molecule has 1 aliphatic carbocycles. The SMILES string of the molecule is Nc1cccc(CCC(=O)NC2CCN(C3CC3)C2)c1. The molecule has 0 bridgehead atoms. The minimum Gasteiger partial charge on any atom is -0.399 e. The maximum Gasteiger partial charge on any atom is 0.220 e. The molecule has 0 aromatic heterocycles. The van der Waals surface area contributed by atoms with E-state index in [0.717, 1.165) is 43.2 Å². The van der Waals surface area contributed by atoms with Crippen molar-refractivity contribution in [3.63, 3.8) is 0 Å². The summed E-state index contributed by atoms with van der Waals surface area (Å²) in [6.45, 7) is 2.18. The highest BCUT2D eigenvalue weighted by Gasteiger charge is 2.34. The van der Waals surface area contributed by atoms with Crippen LogP contribution in [0.2, 0.25) is 0 Å². The van der Waals surface area contributed by atoms with Crippen molar-refractivity contribution in [3.8, 4) is 0 Å². The minimum absolute atomic E-state index is 0.162. The molecule has 1 heterocycles. The van der Waals surface area contributed by atoms with Gasteiger partial charge in [0.05, 0.1) is 0 Å². The van der Waals surface area contributed by atoms with Crippen molar-refractivity contribution in [2.45, 2.75) is 44.2 Å². The van der Waals surface area contributed by atoms with Gasteiger partial charge in [0.15, 0.2) is 0 Å². The first kappa shape index (κ1) is 13.4. The molecule has 4 nitrogen and oxygen atoms in total. The van der Waals surface area contributed by atoms with Crippen molar-refractivity contribution in [1.29, 1.82) is 0 Å². The standard InChI is InChI=1S/C16H23N3O/c17-13-3-1-2-12(10-13)4-7-16(20)18-14-8-9-19(11-14)15-5-6-15/h1-3,10,14-15H,4-9,11,17H2,(H,18,20). The van der Waals surface area contributed by atoms with Gasteiger partial charge in [0.25, 0.3) is 0 Å². The smallest absolute Gasteiger partial charge is 0.220 e. The number of hydrogen-bond donors (Lipinski definition) is 2. The zero-order valence-corrected chi connectivity index (χ0v) is 11.8. The molecule has 2 fully saturated rings. The second kappa shape index (κ2) is 5.83. The summed E-state index contributed by atoms with van der Waals surface area (Å²) >= 11 is 0. The number of hydrogen-bond acceptors (Lipinski definition) is 3. The van der Waals surface area contributed by atoms with Gasteiger partial charge in [0.1, 0.15) is 0 Å². The fraction of sp³-hybridized carbons (Fsp3) is 0.562. The van der Waals surface area contributed by atoms with Crippen LogP contribution in [-0.2, 0) is 11.2 Å². The predicted octanol–water partition coefficient (Wildman–Crippen LogP) is 1.55. The number of amides is 1. The molecule has 1 amide bonds. The zero-order chi connectivity index (χ0) is 13.9. The lowest BCUT2D eigenvalue weighted by molar-refractivity contribution is -0.121. The van der Waals surface area contributed by atoms with E-state index in [-0.39, 0.29) is 5.91 Å². The van der Waals surface area contributed by atoms with Crippen LogP contribution in [0.4, 0.5) is 5.69 Å². The lowest BCUT2D eigenvalue weighted by Crippen LogP contribution is -2.37. The molecule has 3 N–H and O–H groups in total. The number of nitrogens with two attached hydrogens (primary N) is 1. The van der Waals surface area contributed by atoms with Gasteiger partial charge < -0.3 is 11.1 Å². The van der Waals surface area contributed by atoms with Gasteiger partial charge in [-0.25, -0.2) is 0 Å². The maximum atomic E-state index is 12.0. The van der Waals surface area contributed by atoms with E-state index in [9.17, 15) is 4.79 Å². The first-order valence-corrected chi connectivity index (χ1v) is 7.58. The third-order valence-corrected chi connectivity index (χ3v) is 4.24. The van der Waals surface area contributed by atoms with Gasteiger partial charge in [-0.15, -0.1) is 0 Å². The van der Waals surface area contributed by atoms with E-state index < -0.39 is 0 Å². The normalized spacial score (nSPS) is 22.9. The van der Waals surface area contributed by atoms with Crippen molar-refractivity contribution in [2.75, 3.05) is 18.8 Å². The molecule has 4 heteroatoms. The molecule has 0 radical (unpaired) electrons. The van der Waals surface area contributed by atoms with Crippen LogP contribution in [0.5, 0.6) is 0 Å². The summed E-state index contributed by atoms with van der Waals surface area (Å²) in [5, 5.41) is 3.16. The van der Waals surface area contributed by atoms with Crippen molar-refractivity contribution in [3.05, 3.63) is 29.8 Å². The predicted molar refractivity (Wildman–Crippen MR) is 80.3 cm³/mol. The van der Waals surface area contributed by atoms with Gasteiger partial charge in [-0.1, -0.05) is 12.1 Å². The Balaban J connectivity index is 1.41. The number of nitrogens with zero attached hydrogens (tertiary/aromatic N) is 1. The van der Waals surface area contributed by atoms with Crippen molar-refractivity contribution < 1.29 is 4.79 Å². The van der Waals surface area contributed by atoms with Crippen LogP contribution in [0, 0.1) is 0 Å². The average molecular weight is 273 g/mol. The molecule has 1 unspecified atom stereocenters. The van der Waals surface area contributed by atoms with Gasteiger partial charge in [-0.2, -0.15) is 0 Å². The number of anilines is 1. The topological polar surface area (TPSA) is 58.4 Å². The summed E-state index contributed by atoms with van der Waals surface area (Å²) < 4.78 is 0. The van der Waals surface area contributed by atoms with E-state index in [4.69, 9.17) is 5.73 Å². The van der Waals surface area contributed by atoms with Crippen LogP contribution in [0.15, 0.2) is 24.3 Å². The van der Waals surface area contributed by atoms with Crippen LogP contribution >= 0.6 is 0 Å². The number of rotatable bonds is 5. The van der Waals surface area contributed by atoms with E-state index in [0.29, 0.717) is 12.5 Å². The summed E-state index contributed by atoms with van der Waals surface area (Å²) in [7, 11) is 0. The van der Waals surface area contributed by atoms with Gasteiger partial charge in [-0.05, 0) is 43.4 Å². The van der Waals surface area contributed by atoms with Crippen molar-refractivity contribution in [2.24, 2.45) is 0 Å². The second-order valence-corrected chi connectivity index (χ2v) is 6.02. The molecule has 1 atom stereocenters. The highest BCUT2D eigenvalue weighted by molar-refractivity contribution is 5.76. The first-order valence-electron chi connectivity index (χ1n) is 7.58.